The zero-order chi connectivity index (χ0) is 9.97. The van der Waals surface area contributed by atoms with Gasteiger partial charge in [-0.1, -0.05) is 0 Å². The molecule has 0 aromatic carbocycles. The molecule has 0 amide bonds. The Morgan fingerprint density at radius 2 is 2.14 bits per heavy atom. The van der Waals surface area contributed by atoms with Crippen LogP contribution in [0.2, 0.25) is 0 Å². The van der Waals surface area contributed by atoms with E-state index in [-0.39, 0.29) is 6.61 Å². The highest BCUT2D eigenvalue weighted by Gasteiger charge is 2.09. The van der Waals surface area contributed by atoms with Crippen LogP contribution in [0.15, 0.2) is 30.6 Å². The second-order valence-corrected chi connectivity index (χ2v) is 3.06. The Morgan fingerprint density at radius 3 is 2.93 bits per heavy atom. The molecule has 4 nitrogen and oxygen atoms in total. The summed E-state index contributed by atoms with van der Waals surface area (Å²) < 4.78 is 0. The summed E-state index contributed by atoms with van der Waals surface area (Å²) in [5, 5.41) is 9.86. The van der Waals surface area contributed by atoms with Gasteiger partial charge in [0.2, 0.25) is 0 Å². The third kappa shape index (κ3) is 1.45. The highest BCUT2D eigenvalue weighted by Crippen LogP contribution is 2.18. The van der Waals surface area contributed by atoms with E-state index in [1.54, 1.807) is 12.4 Å². The molecule has 0 unspecified atom stereocenters. The summed E-state index contributed by atoms with van der Waals surface area (Å²) in [4.78, 5) is 8.33. The summed E-state index contributed by atoms with van der Waals surface area (Å²) in [5.41, 5.74) is 7.26. The maximum absolute atomic E-state index is 8.96. The van der Waals surface area contributed by atoms with Gasteiger partial charge in [-0.25, -0.2) is 0 Å². The number of rotatable bonds is 2. The van der Waals surface area contributed by atoms with Crippen molar-refractivity contribution in [3.63, 3.8) is 0 Å². The van der Waals surface area contributed by atoms with E-state index < -0.39 is 6.04 Å². The lowest BCUT2D eigenvalue weighted by atomic mass is 10.1. The molecule has 0 aliphatic rings. The molecule has 0 aliphatic carbocycles. The molecular weight excluding hydrogens is 178 g/mol. The second-order valence-electron chi connectivity index (χ2n) is 3.06. The SMILES string of the molecule is N[C@H](CO)c1nccc2ncccc12. The molecule has 0 aliphatic heterocycles. The molecule has 0 saturated carbocycles. The van der Waals surface area contributed by atoms with Gasteiger partial charge in [-0.3, -0.25) is 9.97 Å². The fourth-order valence-electron chi connectivity index (χ4n) is 1.41. The van der Waals surface area contributed by atoms with E-state index in [2.05, 4.69) is 9.97 Å². The van der Waals surface area contributed by atoms with Gasteiger partial charge in [-0.05, 0) is 18.2 Å². The van der Waals surface area contributed by atoms with Gasteiger partial charge in [0.25, 0.3) is 0 Å². The fourth-order valence-corrected chi connectivity index (χ4v) is 1.41. The number of pyridine rings is 2. The van der Waals surface area contributed by atoms with Gasteiger partial charge in [0.15, 0.2) is 0 Å². The lowest BCUT2D eigenvalue weighted by Gasteiger charge is -2.09. The Balaban J connectivity index is 2.65. The first-order chi connectivity index (χ1) is 6.83. The highest BCUT2D eigenvalue weighted by molar-refractivity contribution is 5.80. The molecule has 2 aromatic heterocycles. The van der Waals surface area contributed by atoms with Crippen molar-refractivity contribution in [2.45, 2.75) is 6.04 Å². The molecule has 1 atom stereocenters. The van der Waals surface area contributed by atoms with Gasteiger partial charge < -0.3 is 10.8 Å². The van der Waals surface area contributed by atoms with Crippen LogP contribution in [0, 0.1) is 0 Å². The minimum atomic E-state index is -0.442. The summed E-state index contributed by atoms with van der Waals surface area (Å²) in [6.07, 6.45) is 3.37. The van der Waals surface area contributed by atoms with Crippen molar-refractivity contribution in [3.8, 4) is 0 Å². The van der Waals surface area contributed by atoms with Crippen molar-refractivity contribution < 1.29 is 5.11 Å². The standard InChI is InChI=1S/C10H11N3O/c11-8(6-14)10-7-2-1-4-12-9(7)3-5-13-10/h1-5,8,14H,6,11H2/t8-/m1/s1. The normalized spacial score (nSPS) is 13.0. The van der Waals surface area contributed by atoms with Crippen LogP contribution in [0.4, 0.5) is 0 Å². The lowest BCUT2D eigenvalue weighted by Crippen LogP contribution is -2.16. The van der Waals surface area contributed by atoms with Crippen molar-refractivity contribution in [2.24, 2.45) is 5.73 Å². The topological polar surface area (TPSA) is 72.0 Å². The molecule has 0 fully saturated rings. The molecule has 2 heterocycles. The van der Waals surface area contributed by atoms with Crippen LogP contribution < -0.4 is 5.73 Å². The first-order valence-electron chi connectivity index (χ1n) is 4.39. The zero-order valence-corrected chi connectivity index (χ0v) is 7.59. The average Bonchev–Trinajstić information content (AvgIpc) is 2.27. The number of aromatic nitrogens is 2. The Kier molecular flexibility index (Phi) is 2.39. The summed E-state index contributed by atoms with van der Waals surface area (Å²) in [5.74, 6) is 0. The third-order valence-corrected chi connectivity index (χ3v) is 2.11. The van der Waals surface area contributed by atoms with Gasteiger partial charge in [0.1, 0.15) is 0 Å². The summed E-state index contributed by atoms with van der Waals surface area (Å²) in [6, 6.07) is 5.11. The lowest BCUT2D eigenvalue weighted by molar-refractivity contribution is 0.266. The largest absolute Gasteiger partial charge is 0.394 e. The van der Waals surface area contributed by atoms with Crippen molar-refractivity contribution in [3.05, 3.63) is 36.3 Å². The molecule has 72 valence electrons. The molecule has 14 heavy (non-hydrogen) atoms. The minimum Gasteiger partial charge on any atom is -0.394 e. The van der Waals surface area contributed by atoms with Crippen LogP contribution in [0.1, 0.15) is 11.7 Å². The van der Waals surface area contributed by atoms with E-state index in [0.717, 1.165) is 10.9 Å². The number of aliphatic hydroxyl groups excluding tert-OH is 1. The summed E-state index contributed by atoms with van der Waals surface area (Å²) in [6.45, 7) is -0.110. The maximum Gasteiger partial charge on any atom is 0.0736 e. The van der Waals surface area contributed by atoms with Crippen molar-refractivity contribution in [1.82, 2.24) is 9.97 Å². The number of nitrogens with two attached hydrogens (primary N) is 1. The molecule has 0 radical (unpaired) electrons. The molecule has 3 N–H and O–H groups in total. The smallest absolute Gasteiger partial charge is 0.0736 e. The second kappa shape index (κ2) is 3.69. The first-order valence-corrected chi connectivity index (χ1v) is 4.39. The van der Waals surface area contributed by atoms with E-state index in [4.69, 9.17) is 10.8 Å². The number of fused-ring (bicyclic) bond motifs is 1. The van der Waals surface area contributed by atoms with E-state index in [1.807, 2.05) is 18.2 Å². The number of hydrogen-bond acceptors (Lipinski definition) is 4. The Labute approximate surface area is 81.4 Å². The minimum absolute atomic E-state index is 0.110. The van der Waals surface area contributed by atoms with Crippen LogP contribution in [0.3, 0.4) is 0 Å². The summed E-state index contributed by atoms with van der Waals surface area (Å²) in [7, 11) is 0. The highest BCUT2D eigenvalue weighted by atomic mass is 16.3. The molecule has 4 heteroatoms. The van der Waals surface area contributed by atoms with Gasteiger partial charge in [-0.2, -0.15) is 0 Å². The molecule has 0 bridgehead atoms. The van der Waals surface area contributed by atoms with E-state index in [9.17, 15) is 0 Å². The first kappa shape index (κ1) is 9.05. The van der Waals surface area contributed by atoms with E-state index in [1.165, 1.54) is 0 Å². The average molecular weight is 189 g/mol. The Morgan fingerprint density at radius 1 is 1.29 bits per heavy atom. The number of aliphatic hydroxyl groups is 1. The Hall–Kier alpha value is -1.52. The zero-order valence-electron chi connectivity index (χ0n) is 7.59. The predicted octanol–water partition coefficient (Wildman–Crippen LogP) is 0.622. The van der Waals surface area contributed by atoms with Gasteiger partial charge >= 0.3 is 0 Å². The van der Waals surface area contributed by atoms with E-state index >= 15 is 0 Å². The van der Waals surface area contributed by atoms with Gasteiger partial charge in [-0.15, -0.1) is 0 Å². The Bertz CT molecular complexity index is 439. The summed E-state index contributed by atoms with van der Waals surface area (Å²) >= 11 is 0. The molecule has 2 aromatic rings. The van der Waals surface area contributed by atoms with Crippen LogP contribution >= 0.6 is 0 Å². The van der Waals surface area contributed by atoms with E-state index in [0.29, 0.717) is 5.69 Å². The van der Waals surface area contributed by atoms with Crippen molar-refractivity contribution in [2.75, 3.05) is 6.61 Å². The predicted molar refractivity (Wildman–Crippen MR) is 53.6 cm³/mol. The van der Waals surface area contributed by atoms with Crippen LogP contribution in [-0.2, 0) is 0 Å². The van der Waals surface area contributed by atoms with Crippen LogP contribution in [0.25, 0.3) is 10.9 Å². The quantitative estimate of drug-likeness (QED) is 0.726. The van der Waals surface area contributed by atoms with Gasteiger partial charge in [0, 0.05) is 17.8 Å². The van der Waals surface area contributed by atoms with Gasteiger partial charge in [0.05, 0.1) is 23.9 Å². The fraction of sp³-hybridized carbons (Fsp3) is 0.200. The monoisotopic (exact) mass is 189 g/mol. The van der Waals surface area contributed by atoms with Crippen molar-refractivity contribution in [1.29, 1.82) is 0 Å². The third-order valence-electron chi connectivity index (χ3n) is 2.11. The molecular formula is C10H11N3O. The molecule has 2 rings (SSSR count). The maximum atomic E-state index is 8.96. The van der Waals surface area contributed by atoms with Crippen molar-refractivity contribution >= 4 is 10.9 Å². The molecule has 0 spiro atoms. The molecule has 0 saturated heterocycles. The number of nitrogens with zero attached hydrogens (tertiary/aromatic N) is 2. The van der Waals surface area contributed by atoms with Crippen LogP contribution in [-0.4, -0.2) is 21.7 Å². The number of hydrogen-bond donors (Lipinski definition) is 2. The van der Waals surface area contributed by atoms with Crippen LogP contribution in [0.5, 0.6) is 0 Å².